The molecule has 1 aromatic rings. The molecule has 2 atom stereocenters. The van der Waals surface area contributed by atoms with E-state index in [9.17, 15) is 4.79 Å². The topological polar surface area (TPSA) is 55.1 Å². The summed E-state index contributed by atoms with van der Waals surface area (Å²) >= 11 is 0. The molecule has 0 fully saturated rings. The molecule has 0 radical (unpaired) electrons. The van der Waals surface area contributed by atoms with Crippen molar-refractivity contribution in [2.45, 2.75) is 26.3 Å². The minimum absolute atomic E-state index is 0.0194. The Hall–Kier alpha value is -1.35. The summed E-state index contributed by atoms with van der Waals surface area (Å²) in [5.41, 5.74) is 6.53. The largest absolute Gasteiger partial charge is 0.328 e. The zero-order chi connectivity index (χ0) is 11.3. The number of carbonyl (C=O) groups excluding carboxylic acids is 1. The highest BCUT2D eigenvalue weighted by Gasteiger charge is 2.12. The van der Waals surface area contributed by atoms with E-state index in [1.54, 1.807) is 0 Å². The fourth-order valence-electron chi connectivity index (χ4n) is 1.21. The molecule has 0 spiro atoms. The van der Waals surface area contributed by atoms with Crippen LogP contribution in [0.5, 0.6) is 0 Å². The van der Waals surface area contributed by atoms with E-state index in [-0.39, 0.29) is 17.9 Å². The summed E-state index contributed by atoms with van der Waals surface area (Å²) in [6.07, 6.45) is 0.465. The zero-order valence-electron chi connectivity index (χ0n) is 9.23. The van der Waals surface area contributed by atoms with Crippen LogP contribution in [-0.4, -0.2) is 11.9 Å². The summed E-state index contributed by atoms with van der Waals surface area (Å²) in [5, 5.41) is 2.83. The van der Waals surface area contributed by atoms with Crippen molar-refractivity contribution < 1.29 is 4.79 Å². The number of carbonyl (C=O) groups is 1. The van der Waals surface area contributed by atoms with Crippen LogP contribution < -0.4 is 11.1 Å². The first kappa shape index (κ1) is 11.7. The first-order valence-electron chi connectivity index (χ1n) is 5.20. The average Bonchev–Trinajstić information content (AvgIpc) is 2.18. The molecule has 3 N–H and O–H groups in total. The summed E-state index contributed by atoms with van der Waals surface area (Å²) in [4.78, 5) is 11.6. The van der Waals surface area contributed by atoms with Gasteiger partial charge >= 0.3 is 0 Å². The van der Waals surface area contributed by atoms with Crippen molar-refractivity contribution in [1.82, 2.24) is 0 Å². The standard InChI is InChI=1S/C12H18N2O/c1-9(10(2)13)8-12(15)14-11-6-4-3-5-7-11/h3-7,9-10H,8,13H2,1-2H3,(H,14,15)/t9-,10-/m0/s1. The summed E-state index contributed by atoms with van der Waals surface area (Å²) < 4.78 is 0. The molecular formula is C12H18N2O. The Bertz CT molecular complexity index is 309. The SMILES string of the molecule is C[C@H](N)[C@@H](C)CC(=O)Nc1ccccc1. The van der Waals surface area contributed by atoms with Gasteiger partial charge in [-0.1, -0.05) is 25.1 Å². The molecule has 0 unspecified atom stereocenters. The molecule has 0 saturated carbocycles. The fourth-order valence-corrected chi connectivity index (χ4v) is 1.21. The Morgan fingerprint density at radius 1 is 1.33 bits per heavy atom. The number of anilines is 1. The Morgan fingerprint density at radius 2 is 1.93 bits per heavy atom. The molecule has 3 heteroatoms. The molecule has 1 aromatic carbocycles. The van der Waals surface area contributed by atoms with Gasteiger partial charge in [-0.2, -0.15) is 0 Å². The Labute approximate surface area is 90.7 Å². The van der Waals surface area contributed by atoms with Crippen molar-refractivity contribution in [2.24, 2.45) is 11.7 Å². The number of nitrogens with one attached hydrogen (secondary N) is 1. The van der Waals surface area contributed by atoms with Crippen LogP contribution in [0.15, 0.2) is 30.3 Å². The highest BCUT2D eigenvalue weighted by atomic mass is 16.1. The van der Waals surface area contributed by atoms with Crippen LogP contribution in [0.1, 0.15) is 20.3 Å². The second-order valence-electron chi connectivity index (χ2n) is 3.95. The monoisotopic (exact) mass is 206 g/mol. The number of amides is 1. The Morgan fingerprint density at radius 3 is 2.47 bits per heavy atom. The third-order valence-electron chi connectivity index (χ3n) is 2.46. The molecule has 0 bridgehead atoms. The summed E-state index contributed by atoms with van der Waals surface area (Å²) in [6, 6.07) is 9.49. The normalized spacial score (nSPS) is 14.3. The molecule has 0 heterocycles. The summed E-state index contributed by atoms with van der Waals surface area (Å²) in [6.45, 7) is 3.90. The molecule has 1 rings (SSSR count). The van der Waals surface area contributed by atoms with E-state index in [1.807, 2.05) is 44.2 Å². The van der Waals surface area contributed by atoms with Crippen LogP contribution in [-0.2, 0) is 4.79 Å². The first-order valence-corrected chi connectivity index (χ1v) is 5.20. The molecule has 0 aliphatic rings. The highest BCUT2D eigenvalue weighted by molar-refractivity contribution is 5.90. The van der Waals surface area contributed by atoms with E-state index in [0.29, 0.717) is 6.42 Å². The number of hydrogen-bond donors (Lipinski definition) is 2. The maximum Gasteiger partial charge on any atom is 0.224 e. The van der Waals surface area contributed by atoms with Crippen molar-refractivity contribution in [1.29, 1.82) is 0 Å². The molecular weight excluding hydrogens is 188 g/mol. The number of nitrogens with two attached hydrogens (primary N) is 1. The maximum atomic E-state index is 11.6. The van der Waals surface area contributed by atoms with Crippen LogP contribution >= 0.6 is 0 Å². The van der Waals surface area contributed by atoms with Crippen LogP contribution in [0.3, 0.4) is 0 Å². The Kier molecular flexibility index (Phi) is 4.31. The predicted molar refractivity (Wildman–Crippen MR) is 62.5 cm³/mol. The van der Waals surface area contributed by atoms with Crippen molar-refractivity contribution in [3.63, 3.8) is 0 Å². The molecule has 15 heavy (non-hydrogen) atoms. The summed E-state index contributed by atoms with van der Waals surface area (Å²) in [5.74, 6) is 0.222. The van der Waals surface area contributed by atoms with Crippen LogP contribution in [0.2, 0.25) is 0 Å². The first-order chi connectivity index (χ1) is 7.09. The smallest absolute Gasteiger partial charge is 0.224 e. The van der Waals surface area contributed by atoms with Gasteiger partial charge in [0, 0.05) is 18.2 Å². The lowest BCUT2D eigenvalue weighted by atomic mass is 10.0. The van der Waals surface area contributed by atoms with Crippen molar-refractivity contribution in [3.8, 4) is 0 Å². The number of para-hydroxylation sites is 1. The van der Waals surface area contributed by atoms with Crippen LogP contribution in [0, 0.1) is 5.92 Å². The average molecular weight is 206 g/mol. The number of rotatable bonds is 4. The lowest BCUT2D eigenvalue weighted by Gasteiger charge is -2.14. The Balaban J connectivity index is 2.43. The van der Waals surface area contributed by atoms with E-state index in [4.69, 9.17) is 5.73 Å². The van der Waals surface area contributed by atoms with Crippen LogP contribution in [0.4, 0.5) is 5.69 Å². The second kappa shape index (κ2) is 5.51. The lowest BCUT2D eigenvalue weighted by Crippen LogP contribution is -2.28. The van der Waals surface area contributed by atoms with E-state index in [2.05, 4.69) is 5.32 Å². The molecule has 0 aliphatic heterocycles. The zero-order valence-corrected chi connectivity index (χ0v) is 9.23. The van der Waals surface area contributed by atoms with Gasteiger partial charge in [-0.05, 0) is 25.0 Å². The van der Waals surface area contributed by atoms with E-state index < -0.39 is 0 Å². The van der Waals surface area contributed by atoms with Gasteiger partial charge < -0.3 is 11.1 Å². The number of hydrogen-bond acceptors (Lipinski definition) is 2. The molecule has 1 amide bonds. The van der Waals surface area contributed by atoms with E-state index in [0.717, 1.165) is 5.69 Å². The molecule has 0 saturated heterocycles. The molecule has 82 valence electrons. The van der Waals surface area contributed by atoms with Gasteiger partial charge in [-0.25, -0.2) is 0 Å². The number of benzene rings is 1. The van der Waals surface area contributed by atoms with Gasteiger partial charge in [-0.15, -0.1) is 0 Å². The second-order valence-corrected chi connectivity index (χ2v) is 3.95. The minimum atomic E-state index is 0.0194. The van der Waals surface area contributed by atoms with Crippen LogP contribution in [0.25, 0.3) is 0 Å². The quantitative estimate of drug-likeness (QED) is 0.791. The van der Waals surface area contributed by atoms with Gasteiger partial charge in [0.2, 0.25) is 5.91 Å². The third kappa shape index (κ3) is 4.13. The highest BCUT2D eigenvalue weighted by Crippen LogP contribution is 2.10. The maximum absolute atomic E-state index is 11.6. The van der Waals surface area contributed by atoms with Gasteiger partial charge in [0.1, 0.15) is 0 Å². The lowest BCUT2D eigenvalue weighted by molar-refractivity contribution is -0.117. The predicted octanol–water partition coefficient (Wildman–Crippen LogP) is 2.00. The van der Waals surface area contributed by atoms with Gasteiger partial charge in [0.05, 0.1) is 0 Å². The van der Waals surface area contributed by atoms with Gasteiger partial charge in [0.25, 0.3) is 0 Å². The van der Waals surface area contributed by atoms with Crippen molar-refractivity contribution in [2.75, 3.05) is 5.32 Å². The fraction of sp³-hybridized carbons (Fsp3) is 0.417. The third-order valence-corrected chi connectivity index (χ3v) is 2.46. The molecule has 3 nitrogen and oxygen atoms in total. The summed E-state index contributed by atoms with van der Waals surface area (Å²) in [7, 11) is 0. The van der Waals surface area contributed by atoms with Gasteiger partial charge in [-0.3, -0.25) is 4.79 Å². The van der Waals surface area contributed by atoms with Crippen molar-refractivity contribution in [3.05, 3.63) is 30.3 Å². The van der Waals surface area contributed by atoms with E-state index in [1.165, 1.54) is 0 Å². The molecule has 0 aromatic heterocycles. The minimum Gasteiger partial charge on any atom is -0.328 e. The van der Waals surface area contributed by atoms with Gasteiger partial charge in [0.15, 0.2) is 0 Å². The van der Waals surface area contributed by atoms with E-state index >= 15 is 0 Å². The van der Waals surface area contributed by atoms with Crippen molar-refractivity contribution >= 4 is 11.6 Å². The molecule has 0 aliphatic carbocycles.